The van der Waals surface area contributed by atoms with E-state index in [1.807, 2.05) is 30.3 Å². The van der Waals surface area contributed by atoms with Crippen LogP contribution in [0.3, 0.4) is 0 Å². The molecular weight excluding hydrogens is 394 g/mol. The van der Waals surface area contributed by atoms with Gasteiger partial charge < -0.3 is 19.5 Å². The van der Waals surface area contributed by atoms with Crippen LogP contribution in [0, 0.1) is 5.92 Å². The summed E-state index contributed by atoms with van der Waals surface area (Å²) >= 11 is 6.00. The maximum Gasteiger partial charge on any atom is 0.323 e. The molecule has 1 aliphatic rings. The van der Waals surface area contributed by atoms with Crippen LogP contribution in [-0.2, 0) is 22.4 Å². The fourth-order valence-electron chi connectivity index (χ4n) is 3.61. The molecule has 0 fully saturated rings. The van der Waals surface area contributed by atoms with E-state index in [-0.39, 0.29) is 30.9 Å². The highest BCUT2D eigenvalue weighted by Gasteiger charge is 2.31. The molecule has 2 aromatic rings. The van der Waals surface area contributed by atoms with Crippen molar-refractivity contribution in [2.24, 2.45) is 5.92 Å². The second kappa shape index (κ2) is 8.74. The largest absolute Gasteiger partial charge is 0.493 e. The normalized spacial score (nSPS) is 17.8. The van der Waals surface area contributed by atoms with E-state index in [9.17, 15) is 9.59 Å². The van der Waals surface area contributed by atoms with Crippen LogP contribution in [-0.4, -0.2) is 42.6 Å². The maximum atomic E-state index is 12.3. The van der Waals surface area contributed by atoms with Crippen molar-refractivity contribution in [3.05, 3.63) is 58.1 Å². The lowest BCUT2D eigenvalue weighted by Crippen LogP contribution is -2.33. The molecule has 0 unspecified atom stereocenters. The average molecular weight is 418 g/mol. The number of carbonyl (C=O) groups is 2. The minimum absolute atomic E-state index is 0.0996. The molecule has 0 spiro atoms. The Morgan fingerprint density at radius 3 is 2.59 bits per heavy atom. The van der Waals surface area contributed by atoms with Crippen LogP contribution in [0.15, 0.2) is 36.4 Å². The molecule has 6 nitrogen and oxygen atoms in total. The summed E-state index contributed by atoms with van der Waals surface area (Å²) in [5, 5.41) is 9.54. The van der Waals surface area contributed by atoms with Crippen LogP contribution in [0.1, 0.15) is 29.7 Å². The molecular formula is C22H24ClNO5. The Morgan fingerprint density at radius 1 is 1.28 bits per heavy atom. The number of methoxy groups -OCH3 is 1. The van der Waals surface area contributed by atoms with Gasteiger partial charge in [0.1, 0.15) is 12.6 Å². The summed E-state index contributed by atoms with van der Waals surface area (Å²) in [6, 6.07) is 11.3. The van der Waals surface area contributed by atoms with Crippen LogP contribution >= 0.6 is 11.6 Å². The van der Waals surface area contributed by atoms with Crippen LogP contribution in [0.2, 0.25) is 5.02 Å². The lowest BCUT2D eigenvalue weighted by molar-refractivity contribution is -0.143. The Labute approximate surface area is 175 Å². The molecule has 0 bridgehead atoms. The van der Waals surface area contributed by atoms with Crippen molar-refractivity contribution in [1.82, 2.24) is 4.90 Å². The number of fused-ring (bicyclic) bond motifs is 1. The van der Waals surface area contributed by atoms with E-state index in [1.165, 1.54) is 11.9 Å². The van der Waals surface area contributed by atoms with Gasteiger partial charge in [0.25, 0.3) is 0 Å². The minimum atomic E-state index is -1.04. The van der Waals surface area contributed by atoms with E-state index in [4.69, 9.17) is 26.2 Å². The van der Waals surface area contributed by atoms with Crippen molar-refractivity contribution in [3.63, 3.8) is 0 Å². The number of rotatable bonds is 6. The van der Waals surface area contributed by atoms with Gasteiger partial charge in [0.15, 0.2) is 11.5 Å². The highest BCUT2D eigenvalue weighted by atomic mass is 35.5. The van der Waals surface area contributed by atoms with Gasteiger partial charge in [-0.2, -0.15) is 0 Å². The molecule has 0 aromatic heterocycles. The summed E-state index contributed by atoms with van der Waals surface area (Å²) in [6.07, 6.45) is 0.747. The predicted octanol–water partition coefficient (Wildman–Crippen LogP) is 3.75. The molecule has 1 heterocycles. The van der Waals surface area contributed by atoms with Gasteiger partial charge in [-0.1, -0.05) is 36.7 Å². The van der Waals surface area contributed by atoms with E-state index >= 15 is 0 Å². The van der Waals surface area contributed by atoms with E-state index in [0.717, 1.165) is 23.1 Å². The van der Waals surface area contributed by atoms with Crippen molar-refractivity contribution in [2.45, 2.75) is 25.9 Å². The summed E-state index contributed by atoms with van der Waals surface area (Å²) in [5.41, 5.74) is 2.79. The molecule has 0 saturated carbocycles. The fraction of sp³-hybridized carbons (Fsp3) is 0.364. The molecule has 2 aromatic carbocycles. The zero-order valence-corrected chi connectivity index (χ0v) is 17.4. The molecule has 1 aliphatic heterocycles. The number of nitrogens with zero attached hydrogens (tertiary/aromatic N) is 1. The number of hydrogen-bond acceptors (Lipinski definition) is 4. The first-order valence-corrected chi connectivity index (χ1v) is 9.74. The number of carbonyl (C=O) groups excluding carboxylic acids is 1. The van der Waals surface area contributed by atoms with Crippen molar-refractivity contribution >= 4 is 23.5 Å². The first-order chi connectivity index (χ1) is 13.8. The van der Waals surface area contributed by atoms with E-state index in [1.54, 1.807) is 13.2 Å². The van der Waals surface area contributed by atoms with Crippen LogP contribution < -0.4 is 9.47 Å². The van der Waals surface area contributed by atoms with Crippen molar-refractivity contribution in [3.8, 4) is 11.5 Å². The van der Waals surface area contributed by atoms with Crippen LogP contribution in [0.4, 0.5) is 0 Å². The highest BCUT2D eigenvalue weighted by Crippen LogP contribution is 2.44. The van der Waals surface area contributed by atoms with Crippen molar-refractivity contribution in [2.75, 3.05) is 20.7 Å². The lowest BCUT2D eigenvalue weighted by atomic mass is 9.87. The third kappa shape index (κ3) is 4.82. The number of carboxylic acids is 1. The van der Waals surface area contributed by atoms with Crippen molar-refractivity contribution < 1.29 is 24.2 Å². The number of ether oxygens (including phenoxy) is 2. The molecule has 29 heavy (non-hydrogen) atoms. The first-order valence-electron chi connectivity index (χ1n) is 9.36. The molecule has 0 saturated heterocycles. The Balaban J connectivity index is 1.85. The van der Waals surface area contributed by atoms with Gasteiger partial charge in [-0.3, -0.25) is 9.59 Å². The average Bonchev–Trinajstić information content (AvgIpc) is 2.67. The molecule has 0 aliphatic carbocycles. The zero-order chi connectivity index (χ0) is 21.1. The Bertz CT molecular complexity index is 912. The van der Waals surface area contributed by atoms with Gasteiger partial charge in [0.05, 0.1) is 13.5 Å². The molecule has 2 atom stereocenters. The molecule has 1 amide bonds. The zero-order valence-electron chi connectivity index (χ0n) is 16.6. The Morgan fingerprint density at radius 2 is 1.97 bits per heavy atom. The topological polar surface area (TPSA) is 76.1 Å². The summed E-state index contributed by atoms with van der Waals surface area (Å²) in [7, 11) is 3.05. The number of amides is 1. The molecule has 1 N–H and O–H groups in total. The van der Waals surface area contributed by atoms with E-state index in [0.29, 0.717) is 16.5 Å². The maximum absolute atomic E-state index is 12.3. The summed E-state index contributed by atoms with van der Waals surface area (Å²) in [6.45, 7) is 1.79. The number of halogens is 1. The Hall–Kier alpha value is -2.73. The van der Waals surface area contributed by atoms with E-state index in [2.05, 4.69) is 6.92 Å². The number of benzene rings is 2. The number of aliphatic carboxylic acids is 1. The van der Waals surface area contributed by atoms with Gasteiger partial charge in [-0.25, -0.2) is 0 Å². The van der Waals surface area contributed by atoms with Crippen molar-refractivity contribution in [1.29, 1.82) is 0 Å². The highest BCUT2D eigenvalue weighted by molar-refractivity contribution is 6.30. The quantitative estimate of drug-likeness (QED) is 0.774. The minimum Gasteiger partial charge on any atom is -0.493 e. The molecule has 7 heteroatoms. The summed E-state index contributed by atoms with van der Waals surface area (Å²) < 4.78 is 11.8. The summed E-state index contributed by atoms with van der Waals surface area (Å²) in [4.78, 5) is 24.3. The van der Waals surface area contributed by atoms with Crippen LogP contribution in [0.25, 0.3) is 0 Å². The monoisotopic (exact) mass is 417 g/mol. The smallest absolute Gasteiger partial charge is 0.323 e. The first kappa shape index (κ1) is 21.0. The Kier molecular flexibility index (Phi) is 6.33. The number of hydrogen-bond donors (Lipinski definition) is 1. The number of likely N-dealkylation sites (N-methyl/N-ethyl adjacent to an activating group) is 1. The van der Waals surface area contributed by atoms with Gasteiger partial charge in [-0.05, 0) is 41.3 Å². The van der Waals surface area contributed by atoms with Gasteiger partial charge in [0, 0.05) is 18.0 Å². The number of carboxylic acid groups (broad SMARTS) is 1. The molecule has 154 valence electrons. The second-order valence-corrected chi connectivity index (χ2v) is 7.81. The summed E-state index contributed by atoms with van der Waals surface area (Å²) in [5.74, 6) is 0.157. The third-order valence-electron chi connectivity index (χ3n) is 5.07. The van der Waals surface area contributed by atoms with Crippen LogP contribution in [0.5, 0.6) is 11.5 Å². The predicted molar refractivity (Wildman–Crippen MR) is 110 cm³/mol. The second-order valence-electron chi connectivity index (χ2n) is 7.38. The molecule has 0 radical (unpaired) electrons. The SMILES string of the molecule is COc1cc(CC(=O)N(C)CC(=O)O)cc2c1O[C@@H](c1ccc(Cl)cc1)[C@H](C)C2. The molecule has 3 rings (SSSR count). The third-order valence-corrected chi connectivity index (χ3v) is 5.32. The standard InChI is InChI=1S/C22H24ClNO5/c1-13-8-16-9-14(11-19(25)24(2)12-20(26)27)10-18(28-3)22(16)29-21(13)15-4-6-17(23)7-5-15/h4-7,9-10,13,21H,8,11-12H2,1-3H3,(H,26,27)/t13-,21-/m1/s1. The lowest BCUT2D eigenvalue weighted by Gasteiger charge is -2.33. The van der Waals surface area contributed by atoms with Gasteiger partial charge >= 0.3 is 5.97 Å². The van der Waals surface area contributed by atoms with Gasteiger partial charge in [-0.15, -0.1) is 0 Å². The van der Waals surface area contributed by atoms with Gasteiger partial charge in [0.2, 0.25) is 5.91 Å². The fourth-order valence-corrected chi connectivity index (χ4v) is 3.73. The van der Waals surface area contributed by atoms with E-state index < -0.39 is 5.97 Å².